The molecule has 0 spiro atoms. The summed E-state index contributed by atoms with van der Waals surface area (Å²) in [5, 5.41) is 1.08. The summed E-state index contributed by atoms with van der Waals surface area (Å²) in [6.45, 7) is 10.8. The van der Waals surface area contributed by atoms with Gasteiger partial charge in [0.2, 0.25) is 0 Å². The Morgan fingerprint density at radius 1 is 1.18 bits per heavy atom. The lowest BCUT2D eigenvalue weighted by molar-refractivity contribution is 0.0642. The third kappa shape index (κ3) is 5.32. The zero-order valence-electron chi connectivity index (χ0n) is 17.4. The first-order valence-corrected chi connectivity index (χ1v) is 10.9. The third-order valence-electron chi connectivity index (χ3n) is 5.15. The number of piperazine rings is 1. The van der Waals surface area contributed by atoms with Gasteiger partial charge in [-0.1, -0.05) is 26.0 Å². The minimum atomic E-state index is 0.153. The molecule has 0 bridgehead atoms. The van der Waals surface area contributed by atoms with Gasteiger partial charge < -0.3 is 9.64 Å². The molecule has 0 atom stereocenters. The summed E-state index contributed by atoms with van der Waals surface area (Å²) >= 11 is 1.57. The topological polar surface area (TPSA) is 45.7 Å². The molecule has 1 fully saturated rings. The summed E-state index contributed by atoms with van der Waals surface area (Å²) in [5.74, 6) is 1.60. The lowest BCUT2D eigenvalue weighted by Crippen LogP contribution is -2.49. The van der Waals surface area contributed by atoms with Gasteiger partial charge in [-0.15, -0.1) is 11.3 Å². The van der Waals surface area contributed by atoms with Crippen molar-refractivity contribution >= 4 is 17.2 Å². The molecule has 1 aliphatic heterocycles. The molecule has 1 amide bonds. The predicted octanol–water partition coefficient (Wildman–Crippen LogP) is 3.66. The lowest BCUT2D eigenvalue weighted by atomic mass is 10.1. The average molecular weight is 402 g/mol. The predicted molar refractivity (Wildman–Crippen MR) is 114 cm³/mol. The van der Waals surface area contributed by atoms with Crippen molar-refractivity contribution in [2.45, 2.75) is 33.6 Å². The van der Waals surface area contributed by atoms with Crippen molar-refractivity contribution in [3.05, 3.63) is 45.4 Å². The summed E-state index contributed by atoms with van der Waals surface area (Å²) in [6, 6.07) is 8.27. The fourth-order valence-corrected chi connectivity index (χ4v) is 4.73. The Bertz CT molecular complexity index is 778. The van der Waals surface area contributed by atoms with E-state index >= 15 is 0 Å². The second-order valence-electron chi connectivity index (χ2n) is 7.85. The molecule has 1 saturated heterocycles. The van der Waals surface area contributed by atoms with Crippen LogP contribution in [0, 0.1) is 12.8 Å². The fraction of sp³-hybridized carbons (Fsp3) is 0.545. The average Bonchev–Trinajstić information content (AvgIpc) is 3.06. The molecule has 5 nitrogen and oxygen atoms in total. The van der Waals surface area contributed by atoms with Crippen LogP contribution in [0.1, 0.15) is 39.8 Å². The van der Waals surface area contributed by atoms with Gasteiger partial charge in [0.1, 0.15) is 10.6 Å². The maximum Gasteiger partial charge on any atom is 0.265 e. The molecule has 1 aliphatic rings. The zero-order valence-corrected chi connectivity index (χ0v) is 18.2. The van der Waals surface area contributed by atoms with Gasteiger partial charge in [-0.25, -0.2) is 4.98 Å². The van der Waals surface area contributed by atoms with Crippen molar-refractivity contribution in [1.82, 2.24) is 14.8 Å². The van der Waals surface area contributed by atoms with E-state index in [0.29, 0.717) is 5.92 Å². The number of carbonyl (C=O) groups excluding carboxylic acids is 1. The number of aryl methyl sites for hydroxylation is 1. The highest BCUT2D eigenvalue weighted by Gasteiger charge is 2.25. The summed E-state index contributed by atoms with van der Waals surface area (Å²) in [4.78, 5) is 22.8. The van der Waals surface area contributed by atoms with Crippen LogP contribution >= 0.6 is 11.3 Å². The highest BCUT2D eigenvalue weighted by molar-refractivity contribution is 7.13. The van der Waals surface area contributed by atoms with Crippen LogP contribution in [0.2, 0.25) is 0 Å². The molecule has 0 aliphatic carbocycles. The minimum Gasteiger partial charge on any atom is -0.497 e. The van der Waals surface area contributed by atoms with E-state index in [-0.39, 0.29) is 5.91 Å². The van der Waals surface area contributed by atoms with E-state index in [2.05, 4.69) is 35.9 Å². The molecule has 1 aromatic carbocycles. The van der Waals surface area contributed by atoms with E-state index in [1.54, 1.807) is 18.4 Å². The van der Waals surface area contributed by atoms with Crippen LogP contribution in [0.4, 0.5) is 0 Å². The Kier molecular flexibility index (Phi) is 7.08. The maximum atomic E-state index is 12.9. The molecule has 0 unspecified atom stereocenters. The van der Waals surface area contributed by atoms with E-state index in [9.17, 15) is 4.79 Å². The number of hydrogen-bond acceptors (Lipinski definition) is 5. The standard InChI is InChI=1S/C22H31N3O2S/c1-16(2)15-20-23-17(3)21(28-20)22(26)25-13-11-24(12-14-25)10-9-18-5-7-19(27-4)8-6-18/h5-8,16H,9-15H2,1-4H3. The van der Waals surface area contributed by atoms with E-state index in [4.69, 9.17) is 4.74 Å². The SMILES string of the molecule is COc1ccc(CCN2CCN(C(=O)c3sc(CC(C)C)nc3C)CC2)cc1. The Morgan fingerprint density at radius 2 is 1.86 bits per heavy atom. The number of amides is 1. The van der Waals surface area contributed by atoms with Gasteiger partial charge in [0.15, 0.2) is 0 Å². The maximum absolute atomic E-state index is 12.9. The fourth-order valence-electron chi connectivity index (χ4n) is 3.48. The molecule has 2 aromatic rings. The Morgan fingerprint density at radius 3 is 2.46 bits per heavy atom. The summed E-state index contributed by atoms with van der Waals surface area (Å²) < 4.78 is 5.21. The first-order chi connectivity index (χ1) is 13.5. The van der Waals surface area contributed by atoms with Crippen LogP contribution in [0.5, 0.6) is 5.75 Å². The zero-order chi connectivity index (χ0) is 20.1. The first kappa shape index (κ1) is 20.8. The number of ether oxygens (including phenoxy) is 1. The van der Waals surface area contributed by atoms with Gasteiger partial charge in [-0.2, -0.15) is 0 Å². The number of carbonyl (C=O) groups is 1. The van der Waals surface area contributed by atoms with Crippen molar-refractivity contribution in [3.8, 4) is 5.75 Å². The van der Waals surface area contributed by atoms with Crippen LogP contribution in [0.25, 0.3) is 0 Å². The van der Waals surface area contributed by atoms with E-state index in [0.717, 1.165) is 66.9 Å². The smallest absolute Gasteiger partial charge is 0.265 e. The first-order valence-electron chi connectivity index (χ1n) is 10.1. The minimum absolute atomic E-state index is 0.153. The number of aromatic nitrogens is 1. The van der Waals surface area contributed by atoms with Crippen molar-refractivity contribution < 1.29 is 9.53 Å². The molecule has 0 saturated carbocycles. The summed E-state index contributed by atoms with van der Waals surface area (Å²) in [5.41, 5.74) is 2.20. The molecular formula is C22H31N3O2S. The van der Waals surface area contributed by atoms with Gasteiger partial charge in [-0.05, 0) is 37.0 Å². The Hall–Kier alpha value is -1.92. The van der Waals surface area contributed by atoms with Crippen LogP contribution in [0.15, 0.2) is 24.3 Å². The summed E-state index contributed by atoms with van der Waals surface area (Å²) in [6.07, 6.45) is 1.96. The number of hydrogen-bond donors (Lipinski definition) is 0. The Balaban J connectivity index is 1.49. The molecule has 1 aromatic heterocycles. The van der Waals surface area contributed by atoms with Crippen LogP contribution in [-0.4, -0.2) is 60.5 Å². The lowest BCUT2D eigenvalue weighted by Gasteiger charge is -2.34. The molecular weight excluding hydrogens is 370 g/mol. The molecule has 6 heteroatoms. The van der Waals surface area contributed by atoms with Crippen LogP contribution in [0.3, 0.4) is 0 Å². The number of nitrogens with zero attached hydrogens (tertiary/aromatic N) is 3. The molecule has 3 rings (SSSR count). The monoisotopic (exact) mass is 401 g/mol. The number of benzene rings is 1. The highest BCUT2D eigenvalue weighted by Crippen LogP contribution is 2.23. The molecule has 2 heterocycles. The van der Waals surface area contributed by atoms with Crippen molar-refractivity contribution in [1.29, 1.82) is 0 Å². The molecule has 152 valence electrons. The van der Waals surface area contributed by atoms with Crippen molar-refractivity contribution in [2.24, 2.45) is 5.92 Å². The highest BCUT2D eigenvalue weighted by atomic mass is 32.1. The molecule has 0 N–H and O–H groups in total. The Labute approximate surface area is 172 Å². The van der Waals surface area contributed by atoms with E-state index < -0.39 is 0 Å². The molecule has 0 radical (unpaired) electrons. The van der Waals surface area contributed by atoms with Gasteiger partial charge in [-0.3, -0.25) is 9.69 Å². The van der Waals surface area contributed by atoms with Crippen LogP contribution < -0.4 is 4.74 Å². The summed E-state index contributed by atoms with van der Waals surface area (Å²) in [7, 11) is 1.69. The normalized spacial score (nSPS) is 15.2. The second kappa shape index (κ2) is 9.52. The number of rotatable bonds is 7. The van der Waals surface area contributed by atoms with Gasteiger partial charge in [0, 0.05) is 39.1 Å². The van der Waals surface area contributed by atoms with Gasteiger partial charge in [0.25, 0.3) is 5.91 Å². The third-order valence-corrected chi connectivity index (χ3v) is 6.32. The van der Waals surface area contributed by atoms with Gasteiger partial charge >= 0.3 is 0 Å². The largest absolute Gasteiger partial charge is 0.497 e. The van der Waals surface area contributed by atoms with E-state index in [1.165, 1.54) is 5.56 Å². The van der Waals surface area contributed by atoms with Crippen molar-refractivity contribution in [2.75, 3.05) is 39.8 Å². The number of methoxy groups -OCH3 is 1. The van der Waals surface area contributed by atoms with E-state index in [1.807, 2.05) is 24.0 Å². The quantitative estimate of drug-likeness (QED) is 0.710. The van der Waals surface area contributed by atoms with Crippen LogP contribution in [-0.2, 0) is 12.8 Å². The van der Waals surface area contributed by atoms with Gasteiger partial charge in [0.05, 0.1) is 17.8 Å². The molecule has 28 heavy (non-hydrogen) atoms. The van der Waals surface area contributed by atoms with Crippen molar-refractivity contribution in [3.63, 3.8) is 0 Å². The number of thiazole rings is 1. The second-order valence-corrected chi connectivity index (χ2v) is 8.94.